The molecule has 2 atom stereocenters. The lowest BCUT2D eigenvalue weighted by Crippen LogP contribution is -2.08. The summed E-state index contributed by atoms with van der Waals surface area (Å²) in [6, 6.07) is 0. The summed E-state index contributed by atoms with van der Waals surface area (Å²) in [7, 11) is 0. The average molecular weight is 242 g/mol. The highest BCUT2D eigenvalue weighted by molar-refractivity contribution is 4.61. The molecule has 0 aliphatic carbocycles. The Balaban J connectivity index is 3.32. The van der Waals surface area contributed by atoms with E-state index < -0.39 is 0 Å². The zero-order valence-electron chi connectivity index (χ0n) is 12.4. The van der Waals surface area contributed by atoms with Crippen LogP contribution < -0.4 is 0 Å². The molecule has 0 fully saturated rings. The number of aliphatic hydroxyl groups is 1. The first-order valence-electron chi connectivity index (χ1n) is 7.88. The molecule has 0 aromatic carbocycles. The topological polar surface area (TPSA) is 20.2 Å². The van der Waals surface area contributed by atoms with Gasteiger partial charge in [0.1, 0.15) is 0 Å². The van der Waals surface area contributed by atoms with Crippen LogP contribution in [0.4, 0.5) is 0 Å². The maximum atomic E-state index is 9.83. The van der Waals surface area contributed by atoms with Gasteiger partial charge < -0.3 is 5.11 Å². The summed E-state index contributed by atoms with van der Waals surface area (Å²) in [5, 5.41) is 9.83. The number of unbranched alkanes of at least 4 members (excludes halogenated alkanes) is 5. The van der Waals surface area contributed by atoms with Crippen molar-refractivity contribution in [1.82, 2.24) is 0 Å². The smallest absolute Gasteiger partial charge is 0.0540 e. The van der Waals surface area contributed by atoms with Crippen molar-refractivity contribution in [3.05, 3.63) is 0 Å². The molecule has 0 rings (SSSR count). The van der Waals surface area contributed by atoms with Crippen LogP contribution in [0.3, 0.4) is 0 Å². The van der Waals surface area contributed by atoms with Gasteiger partial charge >= 0.3 is 0 Å². The molecule has 0 aliphatic heterocycles. The van der Waals surface area contributed by atoms with E-state index in [1.54, 1.807) is 0 Å². The lowest BCUT2D eigenvalue weighted by atomic mass is 9.95. The van der Waals surface area contributed by atoms with Gasteiger partial charge in [-0.15, -0.1) is 0 Å². The van der Waals surface area contributed by atoms with Crippen molar-refractivity contribution < 1.29 is 5.11 Å². The second-order valence-corrected chi connectivity index (χ2v) is 5.68. The molecular weight excluding hydrogens is 208 g/mol. The quantitative estimate of drug-likeness (QED) is 0.460. The van der Waals surface area contributed by atoms with Crippen LogP contribution in [0.5, 0.6) is 0 Å². The fraction of sp³-hybridized carbons (Fsp3) is 1.00. The van der Waals surface area contributed by atoms with Gasteiger partial charge in [0.15, 0.2) is 0 Å². The summed E-state index contributed by atoms with van der Waals surface area (Å²) in [5.41, 5.74) is 0. The largest absolute Gasteiger partial charge is 0.393 e. The minimum atomic E-state index is -0.0420. The van der Waals surface area contributed by atoms with E-state index in [-0.39, 0.29) is 6.10 Å². The molecule has 1 N–H and O–H groups in total. The van der Waals surface area contributed by atoms with E-state index in [2.05, 4.69) is 20.8 Å². The first kappa shape index (κ1) is 17.0. The summed E-state index contributed by atoms with van der Waals surface area (Å²) < 4.78 is 0. The Morgan fingerprint density at radius 1 is 0.706 bits per heavy atom. The van der Waals surface area contributed by atoms with Gasteiger partial charge in [-0.1, -0.05) is 72.1 Å². The summed E-state index contributed by atoms with van der Waals surface area (Å²) >= 11 is 0. The summed E-state index contributed by atoms with van der Waals surface area (Å²) in [6.45, 7) is 6.81. The van der Waals surface area contributed by atoms with Gasteiger partial charge in [-0.3, -0.25) is 0 Å². The minimum absolute atomic E-state index is 0.0420. The molecule has 0 amide bonds. The van der Waals surface area contributed by atoms with E-state index in [0.717, 1.165) is 18.8 Å². The Morgan fingerprint density at radius 3 is 1.94 bits per heavy atom. The monoisotopic (exact) mass is 242 g/mol. The molecule has 0 radical (unpaired) electrons. The molecule has 0 bridgehead atoms. The number of hydrogen-bond acceptors (Lipinski definition) is 1. The molecule has 0 heterocycles. The van der Waals surface area contributed by atoms with E-state index in [4.69, 9.17) is 0 Å². The molecule has 0 aromatic rings. The van der Waals surface area contributed by atoms with Crippen molar-refractivity contribution in [2.45, 2.75) is 97.5 Å². The third kappa shape index (κ3) is 12.2. The Kier molecular flexibility index (Phi) is 12.4. The van der Waals surface area contributed by atoms with Crippen LogP contribution >= 0.6 is 0 Å². The van der Waals surface area contributed by atoms with E-state index in [0.29, 0.717) is 0 Å². The van der Waals surface area contributed by atoms with Crippen molar-refractivity contribution in [3.8, 4) is 0 Å². The first-order chi connectivity index (χ1) is 8.20. The molecule has 104 valence electrons. The van der Waals surface area contributed by atoms with Crippen LogP contribution in [-0.2, 0) is 0 Å². The van der Waals surface area contributed by atoms with Gasteiger partial charge in [-0.25, -0.2) is 0 Å². The van der Waals surface area contributed by atoms with Crippen LogP contribution in [0.2, 0.25) is 0 Å². The normalized spacial score (nSPS) is 14.8. The summed E-state index contributed by atoms with van der Waals surface area (Å²) in [6.07, 6.45) is 13.7. The Labute approximate surface area is 109 Å². The molecule has 0 spiro atoms. The number of rotatable bonds is 12. The second-order valence-electron chi connectivity index (χ2n) is 5.68. The fourth-order valence-electron chi connectivity index (χ4n) is 2.32. The Hall–Kier alpha value is -0.0400. The van der Waals surface area contributed by atoms with Gasteiger partial charge in [-0.05, 0) is 25.2 Å². The van der Waals surface area contributed by atoms with Crippen molar-refractivity contribution in [2.75, 3.05) is 0 Å². The van der Waals surface area contributed by atoms with Crippen molar-refractivity contribution in [2.24, 2.45) is 5.92 Å². The summed E-state index contributed by atoms with van der Waals surface area (Å²) in [5.74, 6) is 0.799. The molecular formula is C16H34O. The molecule has 0 saturated heterocycles. The molecule has 2 unspecified atom stereocenters. The predicted octanol–water partition coefficient (Wildman–Crippen LogP) is 5.31. The number of hydrogen-bond donors (Lipinski definition) is 1. The molecule has 17 heavy (non-hydrogen) atoms. The number of aliphatic hydroxyl groups excluding tert-OH is 1. The lowest BCUT2D eigenvalue weighted by Gasteiger charge is -2.14. The van der Waals surface area contributed by atoms with Crippen molar-refractivity contribution in [1.29, 1.82) is 0 Å². The summed E-state index contributed by atoms with van der Waals surface area (Å²) in [4.78, 5) is 0. The van der Waals surface area contributed by atoms with Crippen molar-refractivity contribution in [3.63, 3.8) is 0 Å². The van der Waals surface area contributed by atoms with Crippen LogP contribution in [0.25, 0.3) is 0 Å². The zero-order chi connectivity index (χ0) is 12.9. The van der Waals surface area contributed by atoms with Crippen LogP contribution in [0.1, 0.15) is 91.4 Å². The van der Waals surface area contributed by atoms with Gasteiger partial charge in [-0.2, -0.15) is 0 Å². The highest BCUT2D eigenvalue weighted by atomic mass is 16.3. The van der Waals surface area contributed by atoms with Gasteiger partial charge in [0.2, 0.25) is 0 Å². The van der Waals surface area contributed by atoms with E-state index in [1.165, 1.54) is 57.8 Å². The second kappa shape index (κ2) is 12.4. The Bertz CT molecular complexity index is 144. The predicted molar refractivity (Wildman–Crippen MR) is 77.3 cm³/mol. The molecule has 1 nitrogen and oxygen atoms in total. The standard InChI is InChI=1S/C16H34O/c1-4-6-8-10-11-15(3)13-14-16(17)12-9-7-5-2/h15-17H,4-14H2,1-3H3. The fourth-order valence-corrected chi connectivity index (χ4v) is 2.32. The maximum Gasteiger partial charge on any atom is 0.0540 e. The third-order valence-corrected chi connectivity index (χ3v) is 3.68. The molecule has 0 saturated carbocycles. The maximum absolute atomic E-state index is 9.83. The lowest BCUT2D eigenvalue weighted by molar-refractivity contribution is 0.141. The van der Waals surface area contributed by atoms with Crippen LogP contribution in [0, 0.1) is 5.92 Å². The van der Waals surface area contributed by atoms with Gasteiger partial charge in [0.05, 0.1) is 6.10 Å². The minimum Gasteiger partial charge on any atom is -0.393 e. The van der Waals surface area contributed by atoms with E-state index in [1.807, 2.05) is 0 Å². The zero-order valence-corrected chi connectivity index (χ0v) is 12.4. The highest BCUT2D eigenvalue weighted by Crippen LogP contribution is 2.18. The highest BCUT2D eigenvalue weighted by Gasteiger charge is 2.07. The average Bonchev–Trinajstić information content (AvgIpc) is 2.32. The van der Waals surface area contributed by atoms with Gasteiger partial charge in [0, 0.05) is 0 Å². The SMILES string of the molecule is CCCCCCC(C)CCC(O)CCCCC. The van der Waals surface area contributed by atoms with E-state index >= 15 is 0 Å². The molecule has 1 heteroatoms. The third-order valence-electron chi connectivity index (χ3n) is 3.68. The van der Waals surface area contributed by atoms with Crippen LogP contribution in [0.15, 0.2) is 0 Å². The van der Waals surface area contributed by atoms with Crippen molar-refractivity contribution >= 4 is 0 Å². The molecule has 0 aromatic heterocycles. The van der Waals surface area contributed by atoms with Gasteiger partial charge in [0.25, 0.3) is 0 Å². The molecule has 0 aliphatic rings. The first-order valence-corrected chi connectivity index (χ1v) is 7.88. The van der Waals surface area contributed by atoms with Crippen LogP contribution in [-0.4, -0.2) is 11.2 Å². The Morgan fingerprint density at radius 2 is 1.29 bits per heavy atom. The van der Waals surface area contributed by atoms with E-state index in [9.17, 15) is 5.11 Å².